The molecule has 2 aliphatic heterocycles. The van der Waals surface area contributed by atoms with Crippen LogP contribution in [0.1, 0.15) is 36.1 Å². The molecule has 2 aliphatic rings. The van der Waals surface area contributed by atoms with Crippen molar-refractivity contribution in [2.75, 3.05) is 36.4 Å². The number of carbonyl (C=O) groups is 1. The van der Waals surface area contributed by atoms with Crippen LogP contribution in [0.15, 0.2) is 24.3 Å². The molecule has 0 aliphatic carbocycles. The summed E-state index contributed by atoms with van der Waals surface area (Å²) in [5, 5.41) is 9.13. The molecule has 0 unspecified atom stereocenters. The first-order valence-corrected chi connectivity index (χ1v) is 11.1. The largest absolute Gasteiger partial charge is 0.354 e. The van der Waals surface area contributed by atoms with Gasteiger partial charge in [0.1, 0.15) is 5.82 Å². The maximum absolute atomic E-state index is 11.8. The van der Waals surface area contributed by atoms with Gasteiger partial charge in [-0.2, -0.15) is 15.1 Å². The third kappa shape index (κ3) is 3.94. The van der Waals surface area contributed by atoms with Gasteiger partial charge in [0.25, 0.3) is 0 Å². The summed E-state index contributed by atoms with van der Waals surface area (Å²) in [6, 6.07) is 8.68. The van der Waals surface area contributed by atoms with Gasteiger partial charge in [-0.25, -0.2) is 4.68 Å². The number of anilines is 2. The van der Waals surface area contributed by atoms with E-state index < -0.39 is 0 Å². The Hall–Kier alpha value is -3.16. The number of nitrogens with zero attached hydrogens (tertiary/aromatic N) is 6. The van der Waals surface area contributed by atoms with Gasteiger partial charge in [-0.1, -0.05) is 29.8 Å². The molecule has 3 aromatic rings. The summed E-state index contributed by atoms with van der Waals surface area (Å²) in [6.07, 6.45) is 3.45. The van der Waals surface area contributed by atoms with Crippen molar-refractivity contribution in [2.24, 2.45) is 7.05 Å². The second-order valence-corrected chi connectivity index (χ2v) is 8.56. The number of carbonyl (C=O) groups excluding carboxylic acids is 1. The summed E-state index contributed by atoms with van der Waals surface area (Å²) in [6.45, 7) is 6.22. The maximum Gasteiger partial charge on any atom is 0.226 e. The molecule has 0 radical (unpaired) electrons. The van der Waals surface area contributed by atoms with Crippen LogP contribution in [0.3, 0.4) is 0 Å². The van der Waals surface area contributed by atoms with Crippen molar-refractivity contribution in [3.63, 3.8) is 0 Å². The summed E-state index contributed by atoms with van der Waals surface area (Å²) >= 11 is 0. The molecule has 162 valence electrons. The molecule has 1 amide bonds. The van der Waals surface area contributed by atoms with Gasteiger partial charge in [0.05, 0.1) is 11.1 Å². The molecular formula is C23H29N7O. The Morgan fingerprint density at radius 1 is 1.06 bits per heavy atom. The topological polar surface area (TPSA) is 79.2 Å². The van der Waals surface area contributed by atoms with Gasteiger partial charge in [0.15, 0.2) is 5.65 Å². The lowest BCUT2D eigenvalue weighted by atomic mass is 10.1. The van der Waals surface area contributed by atoms with Crippen molar-refractivity contribution in [3.8, 4) is 0 Å². The minimum absolute atomic E-state index is 0.274. The number of likely N-dealkylation sites (tertiary alicyclic amines) is 1. The highest BCUT2D eigenvalue weighted by Crippen LogP contribution is 2.33. The predicted molar refractivity (Wildman–Crippen MR) is 121 cm³/mol. The number of aryl methyl sites for hydroxylation is 2. The van der Waals surface area contributed by atoms with E-state index in [0.717, 1.165) is 74.5 Å². The van der Waals surface area contributed by atoms with Crippen LogP contribution in [0.4, 0.5) is 11.8 Å². The third-order valence-corrected chi connectivity index (χ3v) is 6.21. The Morgan fingerprint density at radius 2 is 1.90 bits per heavy atom. The highest BCUT2D eigenvalue weighted by Gasteiger charge is 2.26. The monoisotopic (exact) mass is 419 g/mol. The van der Waals surface area contributed by atoms with Crippen LogP contribution in [0.25, 0.3) is 11.0 Å². The molecule has 0 saturated carbocycles. The zero-order valence-electron chi connectivity index (χ0n) is 18.3. The Kier molecular flexibility index (Phi) is 5.21. The fraction of sp³-hybridized carbons (Fsp3) is 0.478. The lowest BCUT2D eigenvalue weighted by Gasteiger charge is -2.28. The molecule has 2 aromatic heterocycles. The molecule has 1 fully saturated rings. The van der Waals surface area contributed by atoms with Crippen LogP contribution in [0.5, 0.6) is 0 Å². The number of hydrogen-bond donors (Lipinski definition) is 1. The second kappa shape index (κ2) is 8.17. The van der Waals surface area contributed by atoms with E-state index in [1.165, 1.54) is 11.1 Å². The zero-order chi connectivity index (χ0) is 21.4. The second-order valence-electron chi connectivity index (χ2n) is 8.56. The molecule has 1 N–H and O–H groups in total. The van der Waals surface area contributed by atoms with Crippen molar-refractivity contribution >= 4 is 28.7 Å². The van der Waals surface area contributed by atoms with E-state index in [0.29, 0.717) is 12.4 Å². The molecule has 1 saturated heterocycles. The number of amides is 1. The van der Waals surface area contributed by atoms with Crippen molar-refractivity contribution in [1.29, 1.82) is 0 Å². The SMILES string of the molecule is Cc1ccc(CN2CCc3nn(C)c4nc(NCCCN5CCCC5=O)nc2c34)cc1. The minimum atomic E-state index is 0.274. The first-order valence-electron chi connectivity index (χ1n) is 11.1. The number of hydrogen-bond acceptors (Lipinski definition) is 6. The van der Waals surface area contributed by atoms with Crippen molar-refractivity contribution in [3.05, 3.63) is 41.1 Å². The summed E-state index contributed by atoms with van der Waals surface area (Å²) in [4.78, 5) is 25.7. The summed E-state index contributed by atoms with van der Waals surface area (Å²) in [5.74, 6) is 1.86. The number of aromatic nitrogens is 4. The summed E-state index contributed by atoms with van der Waals surface area (Å²) in [7, 11) is 1.95. The molecule has 0 bridgehead atoms. The fourth-order valence-electron chi connectivity index (χ4n) is 4.52. The van der Waals surface area contributed by atoms with E-state index in [4.69, 9.17) is 9.97 Å². The smallest absolute Gasteiger partial charge is 0.226 e. The number of rotatable bonds is 7. The van der Waals surface area contributed by atoms with Gasteiger partial charge in [0.2, 0.25) is 11.9 Å². The van der Waals surface area contributed by atoms with Crippen LogP contribution < -0.4 is 10.2 Å². The number of nitrogens with one attached hydrogen (secondary N) is 1. The maximum atomic E-state index is 11.8. The van der Waals surface area contributed by atoms with Gasteiger partial charge >= 0.3 is 0 Å². The highest BCUT2D eigenvalue weighted by atomic mass is 16.2. The van der Waals surface area contributed by atoms with Gasteiger partial charge < -0.3 is 15.1 Å². The molecule has 8 nitrogen and oxygen atoms in total. The minimum Gasteiger partial charge on any atom is -0.354 e. The van der Waals surface area contributed by atoms with Crippen molar-refractivity contribution in [1.82, 2.24) is 24.6 Å². The molecule has 1 aromatic carbocycles. The van der Waals surface area contributed by atoms with Crippen LogP contribution in [0.2, 0.25) is 0 Å². The standard InChI is InChI=1S/C23H29N7O/c1-16-6-8-17(9-7-16)15-30-14-10-18-20-21(28(2)27-18)25-23(26-22(20)30)24-11-4-13-29-12-3-5-19(29)31/h6-9H,3-5,10-15H2,1-2H3,(H,24,25,26). The Bertz CT molecular complexity index is 1110. The molecule has 5 rings (SSSR count). The molecule has 31 heavy (non-hydrogen) atoms. The Balaban J connectivity index is 1.35. The zero-order valence-corrected chi connectivity index (χ0v) is 18.3. The van der Waals surface area contributed by atoms with Crippen LogP contribution in [-0.4, -0.2) is 56.7 Å². The molecular weight excluding hydrogens is 390 g/mol. The quantitative estimate of drug-likeness (QED) is 0.593. The molecule has 4 heterocycles. The van der Waals surface area contributed by atoms with Crippen LogP contribution in [-0.2, 0) is 24.8 Å². The van der Waals surface area contributed by atoms with E-state index in [2.05, 4.69) is 46.5 Å². The third-order valence-electron chi connectivity index (χ3n) is 6.21. The van der Waals surface area contributed by atoms with Crippen molar-refractivity contribution in [2.45, 2.75) is 39.2 Å². The van der Waals surface area contributed by atoms with Gasteiger partial charge in [0, 0.05) is 52.6 Å². The van der Waals surface area contributed by atoms with E-state index >= 15 is 0 Å². The molecule has 0 spiro atoms. The van der Waals surface area contributed by atoms with Gasteiger partial charge in [-0.05, 0) is 25.3 Å². The van der Waals surface area contributed by atoms with E-state index in [9.17, 15) is 4.79 Å². The van der Waals surface area contributed by atoms with E-state index in [1.807, 2.05) is 16.6 Å². The normalized spacial score (nSPS) is 15.9. The number of benzene rings is 1. The summed E-state index contributed by atoms with van der Waals surface area (Å²) < 4.78 is 1.86. The average Bonchev–Trinajstić information content (AvgIpc) is 3.32. The van der Waals surface area contributed by atoms with E-state index in [1.54, 1.807) is 0 Å². The van der Waals surface area contributed by atoms with Crippen LogP contribution in [0, 0.1) is 6.92 Å². The lowest BCUT2D eigenvalue weighted by Crippen LogP contribution is -2.30. The summed E-state index contributed by atoms with van der Waals surface area (Å²) in [5.41, 5.74) is 4.48. The fourth-order valence-corrected chi connectivity index (χ4v) is 4.52. The Labute approximate surface area is 182 Å². The first-order chi connectivity index (χ1) is 15.1. The lowest BCUT2D eigenvalue weighted by molar-refractivity contribution is -0.127. The van der Waals surface area contributed by atoms with Gasteiger partial charge in [-0.3, -0.25) is 4.79 Å². The molecule has 0 atom stereocenters. The molecule has 8 heteroatoms. The first kappa shape index (κ1) is 19.8. The van der Waals surface area contributed by atoms with Gasteiger partial charge in [-0.15, -0.1) is 0 Å². The predicted octanol–water partition coefficient (Wildman–Crippen LogP) is 2.66. The van der Waals surface area contributed by atoms with Crippen molar-refractivity contribution < 1.29 is 4.79 Å². The van der Waals surface area contributed by atoms with E-state index in [-0.39, 0.29) is 5.91 Å². The Morgan fingerprint density at radius 3 is 2.68 bits per heavy atom. The average molecular weight is 420 g/mol. The van der Waals surface area contributed by atoms with Crippen LogP contribution >= 0.6 is 0 Å². The highest BCUT2D eigenvalue weighted by molar-refractivity contribution is 5.92.